The lowest BCUT2D eigenvalue weighted by Crippen LogP contribution is -2.23. The molecule has 1 atom stereocenters. The van der Waals surface area contributed by atoms with E-state index in [0.29, 0.717) is 6.04 Å². The molecule has 3 nitrogen and oxygen atoms in total. The fourth-order valence-electron chi connectivity index (χ4n) is 1.96. The Balaban J connectivity index is 1.81. The van der Waals surface area contributed by atoms with Crippen molar-refractivity contribution in [2.45, 2.75) is 33.4 Å². The minimum absolute atomic E-state index is 0.377. The molecule has 1 aromatic carbocycles. The summed E-state index contributed by atoms with van der Waals surface area (Å²) in [5.74, 6) is 0. The Morgan fingerprint density at radius 2 is 1.89 bits per heavy atom. The molecular formula is C15H21N3. The van der Waals surface area contributed by atoms with Crippen LogP contribution in [0.4, 0.5) is 0 Å². The largest absolute Gasteiger partial charge is 0.308 e. The third kappa shape index (κ3) is 3.44. The van der Waals surface area contributed by atoms with E-state index in [0.717, 1.165) is 13.1 Å². The Labute approximate surface area is 109 Å². The number of benzene rings is 1. The van der Waals surface area contributed by atoms with E-state index in [1.54, 1.807) is 0 Å². The Morgan fingerprint density at radius 3 is 2.50 bits per heavy atom. The van der Waals surface area contributed by atoms with E-state index in [-0.39, 0.29) is 0 Å². The molecule has 0 saturated carbocycles. The number of nitrogens with one attached hydrogen (secondary N) is 1. The molecule has 1 unspecified atom stereocenters. The molecule has 0 saturated heterocycles. The van der Waals surface area contributed by atoms with Crippen molar-refractivity contribution in [3.63, 3.8) is 0 Å². The van der Waals surface area contributed by atoms with E-state index < -0.39 is 0 Å². The molecule has 18 heavy (non-hydrogen) atoms. The van der Waals surface area contributed by atoms with Gasteiger partial charge in [0.05, 0.1) is 12.7 Å². The summed E-state index contributed by atoms with van der Waals surface area (Å²) in [5.41, 5.74) is 3.84. The van der Waals surface area contributed by atoms with Crippen LogP contribution in [0.5, 0.6) is 0 Å². The van der Waals surface area contributed by atoms with E-state index in [9.17, 15) is 0 Å². The van der Waals surface area contributed by atoms with Crippen LogP contribution in [0.25, 0.3) is 0 Å². The Morgan fingerprint density at radius 1 is 1.17 bits per heavy atom. The van der Waals surface area contributed by atoms with Gasteiger partial charge in [-0.25, -0.2) is 0 Å². The molecule has 0 bridgehead atoms. The van der Waals surface area contributed by atoms with Gasteiger partial charge in [0.2, 0.25) is 0 Å². The minimum Gasteiger partial charge on any atom is -0.308 e. The summed E-state index contributed by atoms with van der Waals surface area (Å²) in [6.45, 7) is 8.20. The van der Waals surface area contributed by atoms with Gasteiger partial charge in [-0.05, 0) is 31.9 Å². The van der Waals surface area contributed by atoms with Crippen molar-refractivity contribution in [2.24, 2.45) is 0 Å². The van der Waals surface area contributed by atoms with Gasteiger partial charge in [-0.2, -0.15) is 5.10 Å². The highest BCUT2D eigenvalue weighted by atomic mass is 15.3. The fraction of sp³-hybridized carbons (Fsp3) is 0.400. The molecule has 2 aromatic rings. The normalized spacial score (nSPS) is 12.6. The standard InChI is InChI=1S/C15H21N3/c1-12-4-6-15(7-5-12)14(3)16-8-9-18-11-13(2)10-17-18/h4-7,10-11,14,16H,8-9H2,1-3H3. The van der Waals surface area contributed by atoms with E-state index in [2.05, 4.69) is 61.6 Å². The van der Waals surface area contributed by atoms with Gasteiger partial charge < -0.3 is 5.32 Å². The molecule has 0 radical (unpaired) electrons. The predicted molar refractivity (Wildman–Crippen MR) is 74.6 cm³/mol. The first-order valence-electron chi connectivity index (χ1n) is 6.44. The maximum absolute atomic E-state index is 4.27. The van der Waals surface area contributed by atoms with Crippen LogP contribution in [0.2, 0.25) is 0 Å². The Kier molecular flexibility index (Phi) is 4.15. The number of aromatic nitrogens is 2. The monoisotopic (exact) mass is 243 g/mol. The minimum atomic E-state index is 0.377. The molecule has 0 aliphatic rings. The summed E-state index contributed by atoms with van der Waals surface area (Å²) in [7, 11) is 0. The maximum atomic E-state index is 4.27. The summed E-state index contributed by atoms with van der Waals surface area (Å²) in [6.07, 6.45) is 3.96. The highest BCUT2D eigenvalue weighted by Gasteiger charge is 2.03. The molecule has 1 aromatic heterocycles. The highest BCUT2D eigenvalue weighted by molar-refractivity contribution is 5.23. The number of aryl methyl sites for hydroxylation is 2. The molecule has 1 heterocycles. The zero-order valence-electron chi connectivity index (χ0n) is 11.4. The smallest absolute Gasteiger partial charge is 0.0534 e. The molecule has 0 amide bonds. The van der Waals surface area contributed by atoms with Crippen LogP contribution >= 0.6 is 0 Å². The Hall–Kier alpha value is -1.61. The van der Waals surface area contributed by atoms with Crippen LogP contribution in [-0.4, -0.2) is 16.3 Å². The predicted octanol–water partition coefficient (Wildman–Crippen LogP) is 2.85. The summed E-state index contributed by atoms with van der Waals surface area (Å²) < 4.78 is 1.98. The molecule has 3 heteroatoms. The van der Waals surface area contributed by atoms with E-state index in [1.807, 2.05) is 10.9 Å². The van der Waals surface area contributed by atoms with Gasteiger partial charge in [-0.3, -0.25) is 4.68 Å². The van der Waals surface area contributed by atoms with Gasteiger partial charge in [-0.15, -0.1) is 0 Å². The van der Waals surface area contributed by atoms with E-state index in [4.69, 9.17) is 0 Å². The molecule has 1 N–H and O–H groups in total. The zero-order chi connectivity index (χ0) is 13.0. The van der Waals surface area contributed by atoms with Gasteiger partial charge in [0, 0.05) is 18.8 Å². The van der Waals surface area contributed by atoms with E-state index >= 15 is 0 Å². The lowest BCUT2D eigenvalue weighted by Gasteiger charge is -2.14. The third-order valence-electron chi connectivity index (χ3n) is 3.13. The van der Waals surface area contributed by atoms with Crippen LogP contribution in [0.15, 0.2) is 36.7 Å². The molecule has 0 fully saturated rings. The second kappa shape index (κ2) is 5.83. The van der Waals surface area contributed by atoms with Crippen molar-refractivity contribution in [1.82, 2.24) is 15.1 Å². The Bertz CT molecular complexity index is 485. The first kappa shape index (κ1) is 12.8. The van der Waals surface area contributed by atoms with Gasteiger partial charge >= 0.3 is 0 Å². The SMILES string of the molecule is Cc1ccc(C(C)NCCn2cc(C)cn2)cc1. The number of nitrogens with zero attached hydrogens (tertiary/aromatic N) is 2. The topological polar surface area (TPSA) is 29.9 Å². The second-order valence-electron chi connectivity index (χ2n) is 4.87. The average molecular weight is 243 g/mol. The fourth-order valence-corrected chi connectivity index (χ4v) is 1.96. The van der Waals surface area contributed by atoms with Crippen LogP contribution < -0.4 is 5.32 Å². The molecule has 0 aliphatic carbocycles. The quantitative estimate of drug-likeness (QED) is 0.875. The van der Waals surface area contributed by atoms with Crippen molar-refractivity contribution < 1.29 is 0 Å². The summed E-state index contributed by atoms with van der Waals surface area (Å²) in [4.78, 5) is 0. The summed E-state index contributed by atoms with van der Waals surface area (Å²) >= 11 is 0. The van der Waals surface area contributed by atoms with Crippen molar-refractivity contribution in [2.75, 3.05) is 6.54 Å². The maximum Gasteiger partial charge on any atom is 0.0534 e. The summed E-state index contributed by atoms with van der Waals surface area (Å²) in [5, 5.41) is 7.79. The molecule has 2 rings (SSSR count). The lowest BCUT2D eigenvalue weighted by molar-refractivity contribution is 0.507. The van der Waals surface area contributed by atoms with Crippen LogP contribution in [0.3, 0.4) is 0 Å². The van der Waals surface area contributed by atoms with Crippen molar-refractivity contribution >= 4 is 0 Å². The van der Waals surface area contributed by atoms with Crippen molar-refractivity contribution in [3.8, 4) is 0 Å². The first-order valence-corrected chi connectivity index (χ1v) is 6.44. The molecule has 96 valence electrons. The van der Waals surface area contributed by atoms with Gasteiger partial charge in [0.15, 0.2) is 0 Å². The first-order chi connectivity index (χ1) is 8.65. The average Bonchev–Trinajstić information content (AvgIpc) is 2.76. The number of hydrogen-bond acceptors (Lipinski definition) is 2. The summed E-state index contributed by atoms with van der Waals surface area (Å²) in [6, 6.07) is 9.06. The highest BCUT2D eigenvalue weighted by Crippen LogP contribution is 2.12. The van der Waals surface area contributed by atoms with Crippen LogP contribution in [-0.2, 0) is 6.54 Å². The molecule has 0 spiro atoms. The van der Waals surface area contributed by atoms with Crippen molar-refractivity contribution in [3.05, 3.63) is 53.3 Å². The number of hydrogen-bond donors (Lipinski definition) is 1. The molecular weight excluding hydrogens is 222 g/mol. The van der Waals surface area contributed by atoms with Crippen molar-refractivity contribution in [1.29, 1.82) is 0 Å². The van der Waals surface area contributed by atoms with Gasteiger partial charge in [-0.1, -0.05) is 29.8 Å². The van der Waals surface area contributed by atoms with E-state index in [1.165, 1.54) is 16.7 Å². The number of rotatable bonds is 5. The van der Waals surface area contributed by atoms with Gasteiger partial charge in [0.1, 0.15) is 0 Å². The van der Waals surface area contributed by atoms with Gasteiger partial charge in [0.25, 0.3) is 0 Å². The zero-order valence-corrected chi connectivity index (χ0v) is 11.4. The second-order valence-corrected chi connectivity index (χ2v) is 4.87. The van der Waals surface area contributed by atoms with Crippen LogP contribution in [0.1, 0.15) is 29.7 Å². The molecule has 0 aliphatic heterocycles. The third-order valence-corrected chi connectivity index (χ3v) is 3.13. The van der Waals surface area contributed by atoms with Crippen LogP contribution in [0, 0.1) is 13.8 Å². The lowest BCUT2D eigenvalue weighted by atomic mass is 10.1.